The Morgan fingerprint density at radius 3 is 2.35 bits per heavy atom. The second-order valence-electron chi connectivity index (χ2n) is 9.88. The van der Waals surface area contributed by atoms with Crippen molar-refractivity contribution in [3.05, 3.63) is 0 Å². The molecule has 0 radical (unpaired) electrons. The van der Waals surface area contributed by atoms with Gasteiger partial charge in [-0.2, -0.15) is 0 Å². The average molecular weight is 278 g/mol. The zero-order valence-corrected chi connectivity index (χ0v) is 14.2. The molecule has 0 aromatic carbocycles. The first-order chi connectivity index (χ1) is 9.16. The van der Waals surface area contributed by atoms with Gasteiger partial charge in [-0.05, 0) is 72.5 Å². The van der Waals surface area contributed by atoms with Gasteiger partial charge in [0, 0.05) is 0 Å². The largest absolute Gasteiger partial charge is 0.393 e. The molecule has 0 aliphatic heterocycles. The Morgan fingerprint density at radius 1 is 0.950 bits per heavy atom. The molecule has 0 bridgehead atoms. The van der Waals surface area contributed by atoms with Gasteiger partial charge in [0.1, 0.15) is 0 Å². The zero-order valence-electron chi connectivity index (χ0n) is 14.2. The Balaban J connectivity index is 1.93. The summed E-state index contributed by atoms with van der Waals surface area (Å²) in [6.07, 6.45) is 9.08. The van der Waals surface area contributed by atoms with Crippen molar-refractivity contribution in [1.82, 2.24) is 0 Å². The van der Waals surface area contributed by atoms with E-state index in [9.17, 15) is 5.11 Å². The maximum atomic E-state index is 10.8. The summed E-state index contributed by atoms with van der Waals surface area (Å²) in [5.74, 6) is 2.05. The third-order valence-electron chi connectivity index (χ3n) is 7.53. The molecule has 20 heavy (non-hydrogen) atoms. The highest BCUT2D eigenvalue weighted by Gasteiger charge is 2.58. The van der Waals surface area contributed by atoms with Crippen molar-refractivity contribution in [2.24, 2.45) is 34.0 Å². The van der Waals surface area contributed by atoms with Gasteiger partial charge in [-0.15, -0.1) is 0 Å². The van der Waals surface area contributed by atoms with Gasteiger partial charge in [0.15, 0.2) is 0 Å². The van der Waals surface area contributed by atoms with Crippen LogP contribution in [-0.2, 0) is 0 Å². The van der Waals surface area contributed by atoms with Gasteiger partial charge in [0.25, 0.3) is 0 Å². The van der Waals surface area contributed by atoms with Crippen LogP contribution in [0.5, 0.6) is 0 Å². The summed E-state index contributed by atoms with van der Waals surface area (Å²) in [5.41, 5.74) is 1.35. The summed E-state index contributed by atoms with van der Waals surface area (Å²) < 4.78 is 0. The number of hydrogen-bond donors (Lipinski definition) is 1. The highest BCUT2D eigenvalue weighted by atomic mass is 16.3. The molecule has 0 heterocycles. The molecule has 0 unspecified atom stereocenters. The Bertz CT molecular complexity index is 383. The van der Waals surface area contributed by atoms with Gasteiger partial charge in [-0.25, -0.2) is 0 Å². The SMILES string of the molecule is CC1(C)CC[C@H]2[C@H](C1)[C@H](O)C[C@H]1C(C)(C)CCC[C@]21C. The molecular weight excluding hydrogens is 244 g/mol. The topological polar surface area (TPSA) is 20.2 Å². The molecule has 0 saturated heterocycles. The van der Waals surface area contributed by atoms with Crippen molar-refractivity contribution in [3.8, 4) is 0 Å². The van der Waals surface area contributed by atoms with E-state index in [1.165, 1.54) is 38.5 Å². The van der Waals surface area contributed by atoms with Gasteiger partial charge in [0.05, 0.1) is 6.10 Å². The number of hydrogen-bond acceptors (Lipinski definition) is 1. The Kier molecular flexibility index (Phi) is 3.33. The quantitative estimate of drug-likeness (QED) is 0.659. The lowest BCUT2D eigenvalue weighted by molar-refractivity contribution is -0.166. The molecule has 3 aliphatic carbocycles. The second-order valence-corrected chi connectivity index (χ2v) is 9.88. The van der Waals surface area contributed by atoms with Gasteiger partial charge in [-0.3, -0.25) is 0 Å². The van der Waals surface area contributed by atoms with Crippen LogP contribution in [0, 0.1) is 34.0 Å². The van der Waals surface area contributed by atoms with Gasteiger partial charge in [-0.1, -0.05) is 41.0 Å². The van der Waals surface area contributed by atoms with E-state index in [1.807, 2.05) is 0 Å². The Hall–Kier alpha value is -0.0400. The average Bonchev–Trinajstić information content (AvgIpc) is 2.31. The van der Waals surface area contributed by atoms with Crippen LogP contribution < -0.4 is 0 Å². The minimum Gasteiger partial charge on any atom is -0.393 e. The summed E-state index contributed by atoms with van der Waals surface area (Å²) in [6.45, 7) is 12.3. The monoisotopic (exact) mass is 278 g/mol. The molecule has 1 nitrogen and oxygen atoms in total. The third kappa shape index (κ3) is 2.16. The maximum absolute atomic E-state index is 10.8. The lowest BCUT2D eigenvalue weighted by atomic mass is 9.43. The van der Waals surface area contributed by atoms with Crippen LogP contribution in [0.25, 0.3) is 0 Å². The lowest BCUT2D eigenvalue weighted by Crippen LogP contribution is -2.57. The Morgan fingerprint density at radius 2 is 1.65 bits per heavy atom. The predicted octanol–water partition coefficient (Wildman–Crippen LogP) is 5.03. The fourth-order valence-electron chi connectivity index (χ4n) is 6.48. The van der Waals surface area contributed by atoms with Crippen molar-refractivity contribution in [1.29, 1.82) is 0 Å². The molecule has 3 aliphatic rings. The summed E-state index contributed by atoms with van der Waals surface area (Å²) in [5, 5.41) is 10.8. The van der Waals surface area contributed by atoms with Crippen LogP contribution in [-0.4, -0.2) is 11.2 Å². The van der Waals surface area contributed by atoms with Crippen molar-refractivity contribution in [2.45, 2.75) is 85.7 Å². The molecule has 1 N–H and O–H groups in total. The molecular formula is C19H34O. The molecule has 3 fully saturated rings. The van der Waals surface area contributed by atoms with E-state index >= 15 is 0 Å². The van der Waals surface area contributed by atoms with Crippen LogP contribution >= 0.6 is 0 Å². The van der Waals surface area contributed by atoms with Crippen LogP contribution in [0.15, 0.2) is 0 Å². The zero-order chi connectivity index (χ0) is 14.8. The summed E-state index contributed by atoms with van der Waals surface area (Å²) in [7, 11) is 0. The van der Waals surface area contributed by atoms with E-state index in [-0.39, 0.29) is 6.10 Å². The molecule has 1 heteroatoms. The fourth-order valence-corrected chi connectivity index (χ4v) is 6.48. The Labute approximate surface area is 125 Å². The van der Waals surface area contributed by atoms with Crippen molar-refractivity contribution in [2.75, 3.05) is 0 Å². The van der Waals surface area contributed by atoms with E-state index in [1.54, 1.807) is 0 Å². The highest BCUT2D eigenvalue weighted by molar-refractivity contribution is 5.07. The summed E-state index contributed by atoms with van der Waals surface area (Å²) in [6, 6.07) is 0. The van der Waals surface area contributed by atoms with Crippen molar-refractivity contribution in [3.63, 3.8) is 0 Å². The normalized spacial score (nSPS) is 50.1. The van der Waals surface area contributed by atoms with Crippen molar-refractivity contribution < 1.29 is 5.11 Å². The van der Waals surface area contributed by atoms with Crippen LogP contribution in [0.3, 0.4) is 0 Å². The first-order valence-electron chi connectivity index (χ1n) is 8.84. The van der Waals surface area contributed by atoms with Crippen LogP contribution in [0.1, 0.15) is 79.6 Å². The minimum absolute atomic E-state index is 0.0463. The van der Waals surface area contributed by atoms with E-state index in [2.05, 4.69) is 34.6 Å². The first-order valence-corrected chi connectivity index (χ1v) is 8.84. The van der Waals surface area contributed by atoms with Gasteiger partial charge in [0.2, 0.25) is 0 Å². The smallest absolute Gasteiger partial charge is 0.0574 e. The van der Waals surface area contributed by atoms with E-state index in [4.69, 9.17) is 0 Å². The molecule has 0 spiro atoms. The minimum atomic E-state index is -0.0463. The van der Waals surface area contributed by atoms with Crippen LogP contribution in [0.2, 0.25) is 0 Å². The van der Waals surface area contributed by atoms with Crippen LogP contribution in [0.4, 0.5) is 0 Å². The summed E-state index contributed by atoms with van der Waals surface area (Å²) in [4.78, 5) is 0. The van der Waals surface area contributed by atoms with Gasteiger partial charge < -0.3 is 5.11 Å². The third-order valence-corrected chi connectivity index (χ3v) is 7.53. The number of aliphatic hydroxyl groups excluding tert-OH is 1. The molecule has 3 rings (SSSR count). The lowest BCUT2D eigenvalue weighted by Gasteiger charge is -2.63. The van der Waals surface area contributed by atoms with Crippen molar-refractivity contribution >= 4 is 0 Å². The predicted molar refractivity (Wildman–Crippen MR) is 84.5 cm³/mol. The number of fused-ring (bicyclic) bond motifs is 3. The highest BCUT2D eigenvalue weighted by Crippen LogP contribution is 2.65. The first kappa shape index (κ1) is 14.9. The number of aliphatic hydroxyl groups is 1. The standard InChI is InChI=1S/C19H34O/c1-17(2)10-7-14-13(12-17)15(20)11-16-18(3,4)8-6-9-19(14,16)5/h13-16,20H,6-12H2,1-5H3/t13-,14-,15+,16-,19+/m0/s1. The number of rotatable bonds is 0. The molecule has 3 saturated carbocycles. The molecule has 0 amide bonds. The van der Waals surface area contributed by atoms with E-state index in [0.29, 0.717) is 22.2 Å². The van der Waals surface area contributed by atoms with E-state index in [0.717, 1.165) is 18.3 Å². The van der Waals surface area contributed by atoms with Gasteiger partial charge >= 0.3 is 0 Å². The fraction of sp³-hybridized carbons (Fsp3) is 1.00. The molecule has 0 aromatic heterocycles. The molecule has 5 atom stereocenters. The molecule has 0 aromatic rings. The molecule has 116 valence electrons. The summed E-state index contributed by atoms with van der Waals surface area (Å²) >= 11 is 0. The van der Waals surface area contributed by atoms with E-state index < -0.39 is 0 Å². The second kappa shape index (κ2) is 4.48. The maximum Gasteiger partial charge on any atom is 0.0574 e.